The van der Waals surface area contributed by atoms with Gasteiger partial charge in [-0.2, -0.15) is 0 Å². The molecule has 1 fully saturated rings. The second kappa shape index (κ2) is 13.9. The Bertz CT molecular complexity index is 880. The molecule has 1 aromatic carbocycles. The first-order chi connectivity index (χ1) is 15.6. The fourth-order valence-corrected chi connectivity index (χ4v) is 3.50. The molecule has 0 bridgehead atoms. The molecule has 2 aromatic rings. The van der Waals surface area contributed by atoms with Gasteiger partial charge in [-0.15, -0.1) is 24.0 Å². The molecule has 1 unspecified atom stereocenters. The van der Waals surface area contributed by atoms with Crippen LogP contribution in [-0.2, 0) is 0 Å². The molecule has 8 nitrogen and oxygen atoms in total. The van der Waals surface area contributed by atoms with Crippen molar-refractivity contribution in [1.29, 1.82) is 0 Å². The highest BCUT2D eigenvalue weighted by atomic mass is 127. The second-order valence-corrected chi connectivity index (χ2v) is 7.40. The topological polar surface area (TPSA) is 80.2 Å². The average Bonchev–Trinajstić information content (AvgIpc) is 3.27. The number of rotatable bonds is 10. The molecule has 2 N–H and O–H groups in total. The van der Waals surface area contributed by atoms with Gasteiger partial charge in [0.1, 0.15) is 17.2 Å². The van der Waals surface area contributed by atoms with Crippen molar-refractivity contribution in [3.05, 3.63) is 42.3 Å². The molecule has 182 valence electrons. The largest absolute Gasteiger partial charge is 0.496 e. The number of anilines is 1. The van der Waals surface area contributed by atoms with Crippen molar-refractivity contribution in [3.8, 4) is 17.2 Å². The van der Waals surface area contributed by atoms with E-state index in [2.05, 4.69) is 20.6 Å². The summed E-state index contributed by atoms with van der Waals surface area (Å²) in [4.78, 5) is 10.8. The maximum atomic E-state index is 14.0. The summed E-state index contributed by atoms with van der Waals surface area (Å²) in [5, 5.41) is 6.72. The van der Waals surface area contributed by atoms with Crippen molar-refractivity contribution >= 4 is 35.8 Å². The molecule has 1 aromatic heterocycles. The number of guanidine groups is 1. The minimum Gasteiger partial charge on any atom is -0.496 e. The van der Waals surface area contributed by atoms with E-state index in [1.807, 2.05) is 24.0 Å². The zero-order valence-corrected chi connectivity index (χ0v) is 21.7. The monoisotopic (exact) mass is 573 g/mol. The average molecular weight is 573 g/mol. The van der Waals surface area contributed by atoms with Crippen molar-refractivity contribution < 1.29 is 18.6 Å². The summed E-state index contributed by atoms with van der Waals surface area (Å²) in [6, 6.07) is 8.68. The number of halogens is 2. The van der Waals surface area contributed by atoms with E-state index >= 15 is 0 Å². The van der Waals surface area contributed by atoms with Gasteiger partial charge in [-0.25, -0.2) is 9.37 Å². The summed E-state index contributed by atoms with van der Waals surface area (Å²) in [6.07, 6.45) is 3.27. The van der Waals surface area contributed by atoms with Crippen LogP contribution >= 0.6 is 24.0 Å². The normalized spacial score (nSPS) is 15.6. The van der Waals surface area contributed by atoms with Gasteiger partial charge < -0.3 is 29.7 Å². The van der Waals surface area contributed by atoms with Crippen molar-refractivity contribution in [2.24, 2.45) is 4.99 Å². The summed E-state index contributed by atoms with van der Waals surface area (Å²) in [6.45, 7) is 5.36. The molecule has 0 spiro atoms. The maximum absolute atomic E-state index is 14.0. The van der Waals surface area contributed by atoms with Gasteiger partial charge in [0.25, 0.3) is 0 Å². The Kier molecular flexibility index (Phi) is 11.3. The smallest absolute Gasteiger partial charge is 0.191 e. The summed E-state index contributed by atoms with van der Waals surface area (Å²) in [5.41, 5.74) is 0. The van der Waals surface area contributed by atoms with Gasteiger partial charge in [0.2, 0.25) is 0 Å². The van der Waals surface area contributed by atoms with Gasteiger partial charge >= 0.3 is 0 Å². The van der Waals surface area contributed by atoms with Gasteiger partial charge in [-0.1, -0.05) is 0 Å². The van der Waals surface area contributed by atoms with Crippen molar-refractivity contribution in [3.63, 3.8) is 0 Å². The molecule has 0 aliphatic carbocycles. The van der Waals surface area contributed by atoms with Crippen LogP contribution in [0.25, 0.3) is 0 Å². The first-order valence-electron chi connectivity index (χ1n) is 10.9. The number of benzene rings is 1. The van der Waals surface area contributed by atoms with Crippen LogP contribution in [0, 0.1) is 5.82 Å². The molecule has 1 aliphatic heterocycles. The third-order valence-electron chi connectivity index (χ3n) is 5.08. The maximum Gasteiger partial charge on any atom is 0.191 e. The van der Waals surface area contributed by atoms with E-state index in [0.29, 0.717) is 42.8 Å². The molecule has 0 saturated carbocycles. The lowest BCUT2D eigenvalue weighted by Gasteiger charge is -2.20. The van der Waals surface area contributed by atoms with E-state index in [0.717, 1.165) is 31.9 Å². The van der Waals surface area contributed by atoms with Crippen molar-refractivity contribution in [2.45, 2.75) is 25.8 Å². The fraction of sp³-hybridized carbons (Fsp3) is 0.478. The molecule has 3 rings (SSSR count). The lowest BCUT2D eigenvalue weighted by molar-refractivity contribution is 0.307. The predicted octanol–water partition coefficient (Wildman–Crippen LogP) is 3.46. The van der Waals surface area contributed by atoms with Crippen LogP contribution in [-0.4, -0.2) is 64.0 Å². The third kappa shape index (κ3) is 8.09. The Morgan fingerprint density at radius 3 is 2.61 bits per heavy atom. The van der Waals surface area contributed by atoms with Crippen LogP contribution in [0.2, 0.25) is 0 Å². The minimum absolute atomic E-state index is 0. The number of nitrogens with zero attached hydrogens (tertiary/aromatic N) is 3. The van der Waals surface area contributed by atoms with E-state index in [4.69, 9.17) is 14.2 Å². The molecule has 10 heteroatoms. The summed E-state index contributed by atoms with van der Waals surface area (Å²) in [5.74, 6) is 2.94. The summed E-state index contributed by atoms with van der Waals surface area (Å²) in [7, 11) is 3.22. The molecule has 2 heterocycles. The predicted molar refractivity (Wildman–Crippen MR) is 139 cm³/mol. The first kappa shape index (κ1) is 26.7. The van der Waals surface area contributed by atoms with Crippen LogP contribution < -0.4 is 29.7 Å². The number of hydrogen-bond acceptors (Lipinski definition) is 6. The van der Waals surface area contributed by atoms with E-state index in [-0.39, 0.29) is 35.8 Å². The Morgan fingerprint density at radius 1 is 1.21 bits per heavy atom. The first-order valence-corrected chi connectivity index (χ1v) is 10.9. The number of pyridine rings is 1. The minimum atomic E-state index is -0.289. The number of methoxy groups -OCH3 is 2. The summed E-state index contributed by atoms with van der Waals surface area (Å²) >= 11 is 0. The number of hydrogen-bond donors (Lipinski definition) is 2. The van der Waals surface area contributed by atoms with Gasteiger partial charge in [-0.05, 0) is 25.5 Å². The third-order valence-corrected chi connectivity index (χ3v) is 5.08. The highest BCUT2D eigenvalue weighted by molar-refractivity contribution is 14.0. The molecule has 1 saturated heterocycles. The lowest BCUT2D eigenvalue weighted by atomic mass is 10.3. The molecular formula is C23H33FIN5O3. The highest BCUT2D eigenvalue weighted by Crippen LogP contribution is 2.27. The molecule has 1 aliphatic rings. The lowest BCUT2D eigenvalue weighted by Crippen LogP contribution is -2.44. The molecule has 0 amide bonds. The van der Waals surface area contributed by atoms with Crippen LogP contribution in [0.15, 0.2) is 41.5 Å². The Labute approximate surface area is 211 Å². The quantitative estimate of drug-likeness (QED) is 0.195. The van der Waals surface area contributed by atoms with Crippen molar-refractivity contribution in [1.82, 2.24) is 15.6 Å². The van der Waals surface area contributed by atoms with Gasteiger partial charge in [-0.3, -0.25) is 4.99 Å². The van der Waals surface area contributed by atoms with Gasteiger partial charge in [0.15, 0.2) is 17.6 Å². The standard InChI is InChI=1S/C23H32FN5O3.HI/c1-4-25-23(28-17-8-11-29(16-17)22-21(24)7-5-9-26-22)27-10-6-12-32-20-14-18(30-2)13-19(15-20)31-3;/h5,7,9,13-15,17H,4,6,8,10-12,16H2,1-3H3,(H2,25,27,28);1H. The van der Waals surface area contributed by atoms with E-state index in [1.165, 1.54) is 6.07 Å². The van der Waals surface area contributed by atoms with Crippen LogP contribution in [0.3, 0.4) is 0 Å². The van der Waals surface area contributed by atoms with E-state index < -0.39 is 0 Å². The van der Waals surface area contributed by atoms with Crippen LogP contribution in [0.4, 0.5) is 10.2 Å². The van der Waals surface area contributed by atoms with E-state index in [1.54, 1.807) is 32.5 Å². The number of aliphatic imine (C=N–C) groups is 1. The molecule has 0 radical (unpaired) electrons. The Hall–Kier alpha value is -2.50. The number of nitrogens with one attached hydrogen (secondary N) is 2. The number of aromatic nitrogens is 1. The van der Waals surface area contributed by atoms with Gasteiger partial charge in [0, 0.05) is 63.0 Å². The van der Waals surface area contributed by atoms with Crippen molar-refractivity contribution in [2.75, 3.05) is 51.9 Å². The van der Waals surface area contributed by atoms with E-state index in [9.17, 15) is 4.39 Å². The summed E-state index contributed by atoms with van der Waals surface area (Å²) < 4.78 is 30.4. The zero-order chi connectivity index (χ0) is 22.8. The SMILES string of the molecule is CCNC(=NCCCOc1cc(OC)cc(OC)c1)NC1CCN(c2ncccc2F)C1.I. The molecule has 33 heavy (non-hydrogen) atoms. The highest BCUT2D eigenvalue weighted by Gasteiger charge is 2.25. The number of ether oxygens (including phenoxy) is 3. The zero-order valence-electron chi connectivity index (χ0n) is 19.3. The molecular weight excluding hydrogens is 540 g/mol. The van der Waals surface area contributed by atoms with Crippen LogP contribution in [0.5, 0.6) is 17.2 Å². The van der Waals surface area contributed by atoms with Gasteiger partial charge in [0.05, 0.1) is 20.8 Å². The van der Waals surface area contributed by atoms with Crippen LogP contribution in [0.1, 0.15) is 19.8 Å². The molecule has 1 atom stereocenters. The Morgan fingerprint density at radius 2 is 1.94 bits per heavy atom. The Balaban J connectivity index is 0.00000385. The second-order valence-electron chi connectivity index (χ2n) is 7.40. The fourth-order valence-electron chi connectivity index (χ4n) is 3.50.